The highest BCUT2D eigenvalue weighted by atomic mass is 35.5. The summed E-state index contributed by atoms with van der Waals surface area (Å²) in [6.07, 6.45) is -14.6. The molecule has 0 aliphatic carbocycles. The number of carbonyl (C=O) groups excluding carboxylic acids is 4. The third-order valence-electron chi connectivity index (χ3n) is 22.1. The van der Waals surface area contributed by atoms with Crippen molar-refractivity contribution in [2.24, 2.45) is 0 Å². The molecule has 12 aromatic rings. The van der Waals surface area contributed by atoms with Crippen LogP contribution >= 0.6 is 81.4 Å². The Labute approximate surface area is 859 Å². The van der Waals surface area contributed by atoms with Crippen LogP contribution in [0.3, 0.4) is 0 Å². The number of alkyl halides is 12. The van der Waals surface area contributed by atoms with Gasteiger partial charge in [0.2, 0.25) is 0 Å². The molecule has 0 N–H and O–H groups in total. The Morgan fingerprint density at radius 1 is 0.329 bits per heavy atom. The lowest BCUT2D eigenvalue weighted by atomic mass is 9.97. The highest BCUT2D eigenvalue weighted by Crippen LogP contribution is 2.39. The number of nitrogens with zero attached hydrogens (tertiary/aromatic N) is 1. The summed E-state index contributed by atoms with van der Waals surface area (Å²) < 4.78 is 211. The topological polar surface area (TPSA) is 170 Å². The smallest absolute Gasteiger partial charge is 0.453 e. The summed E-state index contributed by atoms with van der Waals surface area (Å²) in [5, 5.41) is 6.21. The van der Waals surface area contributed by atoms with Gasteiger partial charge in [-0.1, -0.05) is 272 Å². The molecule has 0 fully saturated rings. The van der Waals surface area contributed by atoms with Gasteiger partial charge in [0.15, 0.2) is 36.3 Å². The zero-order chi connectivity index (χ0) is 104. The molecule has 0 saturated carbocycles. The third kappa shape index (κ3) is 39.6. The zero-order valence-corrected chi connectivity index (χ0v) is 85.3. The van der Waals surface area contributed by atoms with E-state index in [1.165, 1.54) is 22.5 Å². The van der Waals surface area contributed by atoms with Crippen molar-refractivity contribution in [2.45, 2.75) is 120 Å². The van der Waals surface area contributed by atoms with Gasteiger partial charge >= 0.3 is 24.7 Å². The standard InChI is InChI=1S/C28H31F3O3Si.C27H25Cl2F3O5S.C27H25Cl2F3O3S.C26H24Cl2F3NO2/c1-27(2,3)35(24-12-6-4-7-13-24,25-14-8-5-9-15-25)34-20-10-11-22-16-18-23(19-17-22)33-21-26(32)28(29,30)31;28-22-9-5-20(6-10-22)26(21-7-11-23(29)12-8-21)36-15-17-38(34,35)16-1-2-19-3-13-24(14-4-19)37-18-25(33)27(30,31)32;28-22-9-5-20(6-10-22)26(21-7-11-23(29)12-8-21)34-15-17-36-16-1-2-19-3-13-24(14-4-19)35-18-25(33)27(30,31)32;1-32(25(19-6-10-21(27)11-7-19)20-8-12-22(28)13-9-20)16-2-3-18-4-14-23(15-5-18)34-17-24(33)26(29,30)31/h4-9,12-19H,10-11,20-21H2,1-3H3;3-14,26H,1-2,15-18H2;3-14,26H,1-2,15-18H2;4-15,25H,2-3,16-17H2,1H3. The first kappa shape index (κ1) is 116. The number of sulfone groups is 1. The Bertz CT molecular complexity index is 5840. The van der Waals surface area contributed by atoms with Crippen molar-refractivity contribution in [3.8, 4) is 23.0 Å². The molecule has 14 nitrogen and oxygen atoms in total. The molecule has 0 radical (unpaired) electrons. The van der Waals surface area contributed by atoms with Crippen LogP contribution in [0.1, 0.15) is 120 Å². The van der Waals surface area contributed by atoms with E-state index in [4.69, 9.17) is 102 Å². The Morgan fingerprint density at radius 2 is 0.601 bits per heavy atom. The lowest BCUT2D eigenvalue weighted by molar-refractivity contribution is -0.173. The zero-order valence-electron chi connectivity index (χ0n) is 78.1. The van der Waals surface area contributed by atoms with Crippen molar-refractivity contribution in [1.82, 2.24) is 4.90 Å². The molecule has 0 heterocycles. The molecule has 143 heavy (non-hydrogen) atoms. The fraction of sp³-hybridized carbons (Fsp3) is 0.296. The van der Waals surface area contributed by atoms with Crippen LogP contribution in [0.25, 0.3) is 0 Å². The molecule has 0 aliphatic rings. The van der Waals surface area contributed by atoms with Crippen molar-refractivity contribution in [1.29, 1.82) is 0 Å². The molecule has 762 valence electrons. The van der Waals surface area contributed by atoms with Crippen LogP contribution in [0.15, 0.2) is 303 Å². The highest BCUT2D eigenvalue weighted by molar-refractivity contribution is 7.99. The van der Waals surface area contributed by atoms with E-state index in [0.29, 0.717) is 56.2 Å². The van der Waals surface area contributed by atoms with Crippen molar-refractivity contribution in [3.05, 3.63) is 389 Å². The molecule has 12 aromatic carbocycles. The average Bonchev–Trinajstić information content (AvgIpc) is 0.745. The fourth-order valence-electron chi connectivity index (χ4n) is 14.8. The Morgan fingerprint density at radius 3 is 0.895 bits per heavy atom. The van der Waals surface area contributed by atoms with E-state index >= 15 is 0 Å². The summed E-state index contributed by atoms with van der Waals surface area (Å²) in [5.41, 5.74) is 9.79. The number of hydrogen-bond acceptors (Lipinski definition) is 15. The molecule has 35 heteroatoms. The molecule has 12 rings (SSSR count). The van der Waals surface area contributed by atoms with Gasteiger partial charge in [-0.3, -0.25) is 24.1 Å². The predicted molar refractivity (Wildman–Crippen MR) is 544 cm³/mol. The van der Waals surface area contributed by atoms with E-state index in [2.05, 4.69) is 81.2 Å². The predicted octanol–water partition coefficient (Wildman–Crippen LogP) is 27.5. The van der Waals surface area contributed by atoms with Gasteiger partial charge < -0.3 is 32.8 Å². The van der Waals surface area contributed by atoms with E-state index in [1.807, 2.05) is 133 Å². The molecule has 0 aromatic heterocycles. The first-order valence-corrected chi connectivity index (χ1v) is 52.2. The summed E-state index contributed by atoms with van der Waals surface area (Å²) in [7, 11) is -3.92. The van der Waals surface area contributed by atoms with Crippen molar-refractivity contribution >= 4 is 133 Å². The van der Waals surface area contributed by atoms with Crippen molar-refractivity contribution < 1.29 is 113 Å². The number of rotatable bonds is 46. The van der Waals surface area contributed by atoms with E-state index in [9.17, 15) is 80.3 Å². The maximum atomic E-state index is 12.6. The van der Waals surface area contributed by atoms with Gasteiger partial charge in [-0.2, -0.15) is 64.4 Å². The van der Waals surface area contributed by atoms with Crippen LogP contribution in [0.5, 0.6) is 23.0 Å². The molecule has 0 unspecified atom stereocenters. The Balaban J connectivity index is 0.000000213. The van der Waals surface area contributed by atoms with Gasteiger partial charge in [0.25, 0.3) is 31.5 Å². The lowest BCUT2D eigenvalue weighted by Gasteiger charge is -2.43. The third-order valence-corrected chi connectivity index (χ3v) is 31.4. The number of thioether (sulfide) groups is 1. The summed E-state index contributed by atoms with van der Waals surface area (Å²) in [6, 6.07) is 92.3. The second-order valence-electron chi connectivity index (χ2n) is 33.8. The van der Waals surface area contributed by atoms with Crippen LogP contribution in [0, 0.1) is 0 Å². The summed E-state index contributed by atoms with van der Waals surface area (Å²) in [5.74, 6) is -5.32. The number of hydrogen-bond donors (Lipinski definition) is 0. The maximum absolute atomic E-state index is 12.6. The first-order chi connectivity index (χ1) is 67.8. The van der Waals surface area contributed by atoms with Crippen LogP contribution in [-0.2, 0) is 68.6 Å². The fourth-order valence-corrected chi connectivity index (χ4v) is 22.0. The SMILES string of the molecule is CC(C)(C)[Si](OCCCc1ccc(OCC(=O)C(F)(F)F)cc1)(c1ccccc1)c1ccccc1.CN(CCCc1ccc(OCC(=O)C(F)(F)F)cc1)C(c1ccc(Cl)cc1)c1ccc(Cl)cc1.O=C(COc1ccc(CCCS(=O)(=O)CCOC(c2ccc(Cl)cc2)c2ccc(Cl)cc2)cc1)C(F)(F)F.O=C(COc1ccc(CCCSCCOC(c2ccc(Cl)cc2)c2ccc(Cl)cc2)cc1)C(F)(F)F. The van der Waals surface area contributed by atoms with E-state index in [0.717, 1.165) is 112 Å². The van der Waals surface area contributed by atoms with Crippen LogP contribution < -0.4 is 29.3 Å². The summed E-state index contributed by atoms with van der Waals surface area (Å²) in [6.45, 7) is 4.49. The molecule has 0 aliphatic heterocycles. The summed E-state index contributed by atoms with van der Waals surface area (Å²) in [4.78, 5) is 46.0. The molecule has 0 spiro atoms. The molecular formula is C108H105Cl6F12NO13S2Si. The Kier molecular flexibility index (Phi) is 45.9. The summed E-state index contributed by atoms with van der Waals surface area (Å²) >= 11 is 38.0. The number of benzene rings is 12. The number of halogens is 18. The van der Waals surface area contributed by atoms with Crippen molar-refractivity contribution in [3.63, 3.8) is 0 Å². The molecular weight excluding hydrogens is 2050 g/mol. The van der Waals surface area contributed by atoms with Crippen LogP contribution in [-0.4, -0.2) is 152 Å². The average molecular weight is 2160 g/mol. The monoisotopic (exact) mass is 2150 g/mol. The maximum Gasteiger partial charge on any atom is 0.453 e. The lowest BCUT2D eigenvalue weighted by Crippen LogP contribution is -2.66. The molecule has 0 saturated heterocycles. The first-order valence-electron chi connectivity index (χ1n) is 45.1. The molecule has 0 bridgehead atoms. The number of Topliss-reactive ketones (excluding diaryl/α,β-unsaturated/α-hetero) is 4. The molecule has 0 amide bonds. The van der Waals surface area contributed by atoms with Gasteiger partial charge in [0, 0.05) is 42.5 Å². The number of carbonyl (C=O) groups is 4. The highest BCUT2D eigenvalue weighted by Gasteiger charge is 2.50. The second-order valence-corrected chi connectivity index (χ2v) is 44.3. The van der Waals surface area contributed by atoms with Gasteiger partial charge in [-0.05, 0) is 263 Å². The minimum absolute atomic E-state index is 0.0130. The van der Waals surface area contributed by atoms with Crippen LogP contribution in [0.2, 0.25) is 35.2 Å². The number of aryl methyl sites for hydroxylation is 4. The van der Waals surface area contributed by atoms with E-state index < -0.39 is 98.5 Å². The minimum atomic E-state index is -4.94. The van der Waals surface area contributed by atoms with Gasteiger partial charge in [0.1, 0.15) is 35.2 Å². The minimum Gasteiger partial charge on any atom is -0.485 e. The normalized spacial score (nSPS) is 12.0. The number of ether oxygens (including phenoxy) is 6. The van der Waals surface area contributed by atoms with Gasteiger partial charge in [-0.15, -0.1) is 0 Å². The van der Waals surface area contributed by atoms with E-state index in [1.54, 1.807) is 121 Å². The van der Waals surface area contributed by atoms with E-state index in [-0.39, 0.29) is 58.3 Å². The second kappa shape index (κ2) is 56.5. The largest absolute Gasteiger partial charge is 0.485 e. The van der Waals surface area contributed by atoms with Crippen molar-refractivity contribution in [2.75, 3.05) is 82.9 Å². The molecule has 0 atom stereocenters. The van der Waals surface area contributed by atoms with Gasteiger partial charge in [-0.25, -0.2) is 8.42 Å². The van der Waals surface area contributed by atoms with Gasteiger partial charge in [0.05, 0.1) is 30.8 Å². The van der Waals surface area contributed by atoms with Crippen LogP contribution in [0.4, 0.5) is 52.7 Å². The Hall–Kier alpha value is -10.2. The number of ketones is 4. The quantitative estimate of drug-likeness (QED) is 0.0200.